The van der Waals surface area contributed by atoms with E-state index >= 15 is 0 Å². The number of aromatic nitrogens is 1. The van der Waals surface area contributed by atoms with E-state index in [9.17, 15) is 0 Å². The molecule has 2 aromatic rings. The van der Waals surface area contributed by atoms with E-state index in [1.165, 1.54) is 4.88 Å². The van der Waals surface area contributed by atoms with Crippen LogP contribution in [0.15, 0.2) is 29.8 Å². The molecule has 4 heteroatoms. The highest BCUT2D eigenvalue weighted by Crippen LogP contribution is 2.20. The van der Waals surface area contributed by atoms with Crippen molar-refractivity contribution in [1.29, 1.82) is 0 Å². The molecule has 0 aliphatic carbocycles. The Kier molecular flexibility index (Phi) is 2.87. The summed E-state index contributed by atoms with van der Waals surface area (Å²) in [4.78, 5) is 5.48. The number of hydrogen-bond acceptors (Lipinski definition) is 4. The van der Waals surface area contributed by atoms with Gasteiger partial charge in [0.2, 0.25) is 0 Å². The summed E-state index contributed by atoms with van der Waals surface area (Å²) in [6, 6.07) is 6.03. The number of nitrogen functional groups attached to an aromatic ring is 1. The van der Waals surface area contributed by atoms with Crippen molar-refractivity contribution in [1.82, 2.24) is 4.98 Å². The van der Waals surface area contributed by atoms with E-state index in [0.717, 1.165) is 23.6 Å². The summed E-state index contributed by atoms with van der Waals surface area (Å²) in [5.41, 5.74) is 7.69. The third kappa shape index (κ3) is 2.27. The van der Waals surface area contributed by atoms with Gasteiger partial charge in [0, 0.05) is 11.1 Å². The number of anilines is 2. The molecule has 3 N–H and O–H groups in total. The van der Waals surface area contributed by atoms with Gasteiger partial charge in [0.1, 0.15) is 5.82 Å². The lowest BCUT2D eigenvalue weighted by atomic mass is 10.2. The van der Waals surface area contributed by atoms with Crippen molar-refractivity contribution in [3.8, 4) is 0 Å². The number of nitrogens with two attached hydrogens (primary N) is 1. The molecule has 0 spiro atoms. The molecule has 0 bridgehead atoms. The van der Waals surface area contributed by atoms with Crippen LogP contribution in [0.3, 0.4) is 0 Å². The van der Waals surface area contributed by atoms with E-state index in [4.69, 9.17) is 5.73 Å². The second-order valence-electron chi connectivity index (χ2n) is 3.32. The first-order valence-corrected chi connectivity index (χ1v) is 5.62. The molecule has 0 amide bonds. The Morgan fingerprint density at radius 2 is 2.33 bits per heavy atom. The summed E-state index contributed by atoms with van der Waals surface area (Å²) in [7, 11) is 0. The van der Waals surface area contributed by atoms with Gasteiger partial charge in [0.05, 0.1) is 12.2 Å². The number of rotatable bonds is 3. The molecule has 15 heavy (non-hydrogen) atoms. The summed E-state index contributed by atoms with van der Waals surface area (Å²) in [6.07, 6.45) is 1.77. The summed E-state index contributed by atoms with van der Waals surface area (Å²) < 4.78 is 0. The Balaban J connectivity index is 2.08. The second-order valence-corrected chi connectivity index (χ2v) is 4.36. The van der Waals surface area contributed by atoms with Crippen molar-refractivity contribution in [2.24, 2.45) is 0 Å². The van der Waals surface area contributed by atoms with Gasteiger partial charge in [-0.05, 0) is 30.0 Å². The highest BCUT2D eigenvalue weighted by atomic mass is 32.1. The van der Waals surface area contributed by atoms with E-state index in [1.807, 2.05) is 19.1 Å². The summed E-state index contributed by atoms with van der Waals surface area (Å²) in [5.74, 6) is 0.767. The Morgan fingerprint density at radius 3 is 3.07 bits per heavy atom. The van der Waals surface area contributed by atoms with E-state index in [0.29, 0.717) is 0 Å². The Morgan fingerprint density at radius 1 is 1.47 bits per heavy atom. The van der Waals surface area contributed by atoms with Crippen LogP contribution in [-0.4, -0.2) is 4.98 Å². The highest BCUT2D eigenvalue weighted by Gasteiger charge is 2.02. The van der Waals surface area contributed by atoms with Crippen LogP contribution in [0, 0.1) is 6.92 Å². The first-order valence-electron chi connectivity index (χ1n) is 4.74. The summed E-state index contributed by atoms with van der Waals surface area (Å²) >= 11 is 1.72. The van der Waals surface area contributed by atoms with E-state index < -0.39 is 0 Å². The molecule has 0 saturated heterocycles. The van der Waals surface area contributed by atoms with Crippen LogP contribution >= 0.6 is 11.3 Å². The maximum Gasteiger partial charge on any atom is 0.149 e. The molecule has 0 atom stereocenters. The molecule has 78 valence electrons. The molecule has 0 fully saturated rings. The molecule has 0 aliphatic rings. The standard InChI is InChI=1S/C11H13N3S/c1-8-4-5-13-11(10(8)12)14-7-9-3-2-6-15-9/h2-6H,7,12H2,1H3,(H,13,14). The Hall–Kier alpha value is -1.55. The SMILES string of the molecule is Cc1ccnc(NCc2cccs2)c1N. The number of nitrogens with zero attached hydrogens (tertiary/aromatic N) is 1. The molecule has 0 saturated carbocycles. The van der Waals surface area contributed by atoms with Crippen LogP contribution in [0.5, 0.6) is 0 Å². The molecular formula is C11H13N3S. The second kappa shape index (κ2) is 4.31. The van der Waals surface area contributed by atoms with Gasteiger partial charge >= 0.3 is 0 Å². The minimum absolute atomic E-state index is 0.731. The third-order valence-corrected chi connectivity index (χ3v) is 3.09. The normalized spacial score (nSPS) is 10.2. The first kappa shape index (κ1) is 9.98. The topological polar surface area (TPSA) is 50.9 Å². The van der Waals surface area contributed by atoms with Gasteiger partial charge < -0.3 is 11.1 Å². The average molecular weight is 219 g/mol. The molecule has 0 aliphatic heterocycles. The Labute approximate surface area is 93.0 Å². The van der Waals surface area contributed by atoms with Crippen LogP contribution in [-0.2, 0) is 6.54 Å². The lowest BCUT2D eigenvalue weighted by molar-refractivity contribution is 1.14. The van der Waals surface area contributed by atoms with Crippen molar-refractivity contribution < 1.29 is 0 Å². The number of thiophene rings is 1. The third-order valence-electron chi connectivity index (χ3n) is 2.22. The molecule has 2 rings (SSSR count). The van der Waals surface area contributed by atoms with Gasteiger partial charge in [-0.3, -0.25) is 0 Å². The van der Waals surface area contributed by atoms with Crippen LogP contribution in [0.25, 0.3) is 0 Å². The summed E-state index contributed by atoms with van der Waals surface area (Å²) in [5, 5.41) is 5.29. The molecule has 3 nitrogen and oxygen atoms in total. The molecule has 2 aromatic heterocycles. The Bertz CT molecular complexity index is 437. The lowest BCUT2D eigenvalue weighted by Gasteiger charge is -2.08. The van der Waals surface area contributed by atoms with Gasteiger partial charge in [-0.2, -0.15) is 0 Å². The fourth-order valence-electron chi connectivity index (χ4n) is 1.29. The summed E-state index contributed by atoms with van der Waals surface area (Å²) in [6.45, 7) is 2.76. The molecule has 0 unspecified atom stereocenters. The fourth-order valence-corrected chi connectivity index (χ4v) is 1.94. The molecule has 2 heterocycles. The van der Waals surface area contributed by atoms with Gasteiger partial charge in [-0.15, -0.1) is 11.3 Å². The van der Waals surface area contributed by atoms with E-state index in [2.05, 4.69) is 21.7 Å². The van der Waals surface area contributed by atoms with Gasteiger partial charge in [-0.25, -0.2) is 4.98 Å². The first-order chi connectivity index (χ1) is 7.27. The van der Waals surface area contributed by atoms with Crippen LogP contribution in [0.2, 0.25) is 0 Å². The fraction of sp³-hybridized carbons (Fsp3) is 0.182. The van der Waals surface area contributed by atoms with Crippen LogP contribution < -0.4 is 11.1 Å². The maximum absolute atomic E-state index is 5.90. The minimum Gasteiger partial charge on any atom is -0.396 e. The average Bonchev–Trinajstić information content (AvgIpc) is 2.73. The molecule has 0 radical (unpaired) electrons. The van der Waals surface area contributed by atoms with Gasteiger partial charge in [-0.1, -0.05) is 6.07 Å². The van der Waals surface area contributed by atoms with Crippen LogP contribution in [0.1, 0.15) is 10.4 Å². The zero-order chi connectivity index (χ0) is 10.7. The lowest BCUT2D eigenvalue weighted by Crippen LogP contribution is -2.04. The molecule has 0 aromatic carbocycles. The maximum atomic E-state index is 5.90. The van der Waals surface area contributed by atoms with E-state index in [1.54, 1.807) is 17.5 Å². The minimum atomic E-state index is 0.731. The van der Waals surface area contributed by atoms with Crippen LogP contribution in [0.4, 0.5) is 11.5 Å². The number of nitrogens with one attached hydrogen (secondary N) is 1. The monoisotopic (exact) mass is 219 g/mol. The predicted molar refractivity (Wildman–Crippen MR) is 65.0 cm³/mol. The molecular weight excluding hydrogens is 206 g/mol. The van der Waals surface area contributed by atoms with Crippen molar-refractivity contribution in [3.05, 3.63) is 40.2 Å². The van der Waals surface area contributed by atoms with Gasteiger partial charge in [0.15, 0.2) is 0 Å². The van der Waals surface area contributed by atoms with Crippen molar-refractivity contribution in [2.45, 2.75) is 13.5 Å². The predicted octanol–water partition coefficient (Wildman–Crippen LogP) is 2.65. The van der Waals surface area contributed by atoms with Crippen molar-refractivity contribution >= 4 is 22.8 Å². The van der Waals surface area contributed by atoms with E-state index in [-0.39, 0.29) is 0 Å². The quantitative estimate of drug-likeness (QED) is 0.834. The van der Waals surface area contributed by atoms with Crippen molar-refractivity contribution in [2.75, 3.05) is 11.1 Å². The largest absolute Gasteiger partial charge is 0.396 e. The number of hydrogen-bond donors (Lipinski definition) is 2. The number of pyridine rings is 1. The highest BCUT2D eigenvalue weighted by molar-refractivity contribution is 7.09. The zero-order valence-corrected chi connectivity index (χ0v) is 9.34. The number of aryl methyl sites for hydroxylation is 1. The van der Waals surface area contributed by atoms with Gasteiger partial charge in [0.25, 0.3) is 0 Å². The smallest absolute Gasteiger partial charge is 0.149 e. The van der Waals surface area contributed by atoms with Crippen molar-refractivity contribution in [3.63, 3.8) is 0 Å². The zero-order valence-electron chi connectivity index (χ0n) is 8.53.